The lowest BCUT2D eigenvalue weighted by Crippen LogP contribution is -2.64. The number of amides is 1. The van der Waals surface area contributed by atoms with Crippen molar-refractivity contribution >= 4 is 23.2 Å². The molecular formula is C22H26ClN3O. The molecule has 2 heterocycles. The minimum Gasteiger partial charge on any atom is -0.362 e. The maximum Gasteiger partial charge on any atom is 0.257 e. The molecule has 1 amide bonds. The summed E-state index contributed by atoms with van der Waals surface area (Å²) in [5, 5.41) is 4.36. The quantitative estimate of drug-likeness (QED) is 0.837. The van der Waals surface area contributed by atoms with Crippen LogP contribution in [0.2, 0.25) is 5.02 Å². The molecule has 0 saturated carbocycles. The first-order chi connectivity index (χ1) is 13.1. The highest BCUT2D eigenvalue weighted by Crippen LogP contribution is 2.39. The van der Waals surface area contributed by atoms with Crippen LogP contribution in [-0.2, 0) is 6.54 Å². The average molecular weight is 384 g/mol. The number of piperidine rings is 1. The van der Waals surface area contributed by atoms with Gasteiger partial charge in [0.2, 0.25) is 0 Å². The third-order valence-electron chi connectivity index (χ3n) is 5.72. The molecule has 0 unspecified atom stereocenters. The van der Waals surface area contributed by atoms with Gasteiger partial charge in [-0.3, -0.25) is 9.69 Å². The molecule has 5 heteroatoms. The van der Waals surface area contributed by atoms with Crippen LogP contribution in [0.25, 0.3) is 0 Å². The third kappa shape index (κ3) is 3.56. The molecule has 2 aromatic carbocycles. The largest absolute Gasteiger partial charge is 0.362 e. The molecular weight excluding hydrogens is 358 g/mol. The summed E-state index contributed by atoms with van der Waals surface area (Å²) in [6, 6.07) is 16.1. The van der Waals surface area contributed by atoms with E-state index in [0.717, 1.165) is 56.7 Å². The van der Waals surface area contributed by atoms with Gasteiger partial charge < -0.3 is 10.2 Å². The lowest BCUT2D eigenvalue weighted by atomic mass is 9.89. The SMILES string of the molecule is CCCN1C(=O)c2ccc(Cl)cc2NC12CCN(Cc1ccccc1)CC2. The fourth-order valence-corrected chi connectivity index (χ4v) is 4.49. The van der Waals surface area contributed by atoms with Gasteiger partial charge in [0.1, 0.15) is 5.66 Å². The Bertz CT molecular complexity index is 816. The van der Waals surface area contributed by atoms with Crippen LogP contribution in [-0.4, -0.2) is 41.0 Å². The van der Waals surface area contributed by atoms with Crippen molar-refractivity contribution in [3.05, 3.63) is 64.7 Å². The first kappa shape index (κ1) is 18.3. The van der Waals surface area contributed by atoms with E-state index in [1.807, 2.05) is 12.1 Å². The lowest BCUT2D eigenvalue weighted by Gasteiger charge is -2.52. The zero-order valence-corrected chi connectivity index (χ0v) is 16.5. The van der Waals surface area contributed by atoms with Crippen molar-refractivity contribution in [2.24, 2.45) is 0 Å². The molecule has 1 fully saturated rings. The molecule has 0 aliphatic carbocycles. The summed E-state index contributed by atoms with van der Waals surface area (Å²) in [6.07, 6.45) is 2.78. The van der Waals surface area contributed by atoms with Crippen LogP contribution in [0.3, 0.4) is 0 Å². The fourth-order valence-electron chi connectivity index (χ4n) is 4.32. The van der Waals surface area contributed by atoms with E-state index < -0.39 is 0 Å². The van der Waals surface area contributed by atoms with Crippen LogP contribution < -0.4 is 5.32 Å². The molecule has 1 N–H and O–H groups in total. The van der Waals surface area contributed by atoms with Gasteiger partial charge in [0, 0.05) is 44.0 Å². The minimum absolute atomic E-state index is 0.124. The maximum atomic E-state index is 13.2. The van der Waals surface area contributed by atoms with Crippen molar-refractivity contribution in [2.75, 3.05) is 25.0 Å². The second kappa shape index (κ2) is 7.53. The second-order valence-electron chi connectivity index (χ2n) is 7.57. The molecule has 27 heavy (non-hydrogen) atoms. The number of nitrogens with one attached hydrogen (secondary N) is 1. The summed E-state index contributed by atoms with van der Waals surface area (Å²) in [4.78, 5) is 17.7. The summed E-state index contributed by atoms with van der Waals surface area (Å²) in [5.41, 5.74) is 2.63. The van der Waals surface area contributed by atoms with E-state index in [4.69, 9.17) is 11.6 Å². The normalized spacial score (nSPS) is 19.0. The van der Waals surface area contributed by atoms with Gasteiger partial charge in [0.25, 0.3) is 5.91 Å². The summed E-state index contributed by atoms with van der Waals surface area (Å²) < 4.78 is 0. The van der Waals surface area contributed by atoms with E-state index in [1.165, 1.54) is 5.56 Å². The Morgan fingerprint density at radius 1 is 1.11 bits per heavy atom. The number of hydrogen-bond donors (Lipinski definition) is 1. The Kier molecular flexibility index (Phi) is 5.11. The van der Waals surface area contributed by atoms with Crippen molar-refractivity contribution in [3.8, 4) is 0 Å². The molecule has 2 aliphatic heterocycles. The van der Waals surface area contributed by atoms with E-state index in [9.17, 15) is 4.79 Å². The van der Waals surface area contributed by atoms with Gasteiger partial charge in [-0.2, -0.15) is 0 Å². The van der Waals surface area contributed by atoms with Gasteiger partial charge in [0.05, 0.1) is 11.3 Å². The Hall–Kier alpha value is -2.04. The average Bonchev–Trinajstić information content (AvgIpc) is 2.68. The molecule has 4 nitrogen and oxygen atoms in total. The fraction of sp³-hybridized carbons (Fsp3) is 0.409. The molecule has 142 valence electrons. The van der Waals surface area contributed by atoms with Crippen LogP contribution in [0.1, 0.15) is 42.1 Å². The van der Waals surface area contributed by atoms with Gasteiger partial charge in [-0.15, -0.1) is 0 Å². The van der Waals surface area contributed by atoms with Crippen LogP contribution in [0.4, 0.5) is 5.69 Å². The van der Waals surface area contributed by atoms with Crippen molar-refractivity contribution in [3.63, 3.8) is 0 Å². The number of carbonyl (C=O) groups excluding carboxylic acids is 1. The smallest absolute Gasteiger partial charge is 0.257 e. The van der Waals surface area contributed by atoms with Gasteiger partial charge in [0.15, 0.2) is 0 Å². The van der Waals surface area contributed by atoms with Gasteiger partial charge in [-0.25, -0.2) is 0 Å². The first-order valence-electron chi connectivity index (χ1n) is 9.77. The first-order valence-corrected chi connectivity index (χ1v) is 10.1. The summed E-state index contributed by atoms with van der Waals surface area (Å²) in [5.74, 6) is 0.124. The maximum absolute atomic E-state index is 13.2. The highest BCUT2D eigenvalue weighted by Gasteiger charge is 2.46. The Morgan fingerprint density at radius 3 is 2.56 bits per heavy atom. The molecule has 0 radical (unpaired) electrons. The van der Waals surface area contributed by atoms with Crippen LogP contribution >= 0.6 is 11.6 Å². The van der Waals surface area contributed by atoms with Crippen molar-refractivity contribution in [1.82, 2.24) is 9.80 Å². The second-order valence-corrected chi connectivity index (χ2v) is 8.00. The van der Waals surface area contributed by atoms with E-state index in [2.05, 4.69) is 52.4 Å². The highest BCUT2D eigenvalue weighted by molar-refractivity contribution is 6.31. The van der Waals surface area contributed by atoms with Crippen molar-refractivity contribution in [1.29, 1.82) is 0 Å². The number of halogens is 1. The number of carbonyl (C=O) groups is 1. The summed E-state index contributed by atoms with van der Waals surface area (Å²) in [6.45, 7) is 5.78. The number of rotatable bonds is 4. The van der Waals surface area contributed by atoms with Crippen molar-refractivity contribution < 1.29 is 4.79 Å². The molecule has 0 atom stereocenters. The van der Waals surface area contributed by atoms with E-state index in [0.29, 0.717) is 5.02 Å². The van der Waals surface area contributed by atoms with Gasteiger partial charge in [-0.1, -0.05) is 48.9 Å². The molecule has 2 aromatic rings. The number of likely N-dealkylation sites (tertiary alicyclic amines) is 1. The molecule has 4 rings (SSSR count). The lowest BCUT2D eigenvalue weighted by molar-refractivity contribution is 0.0256. The molecule has 0 bridgehead atoms. The monoisotopic (exact) mass is 383 g/mol. The Balaban J connectivity index is 1.55. The Morgan fingerprint density at radius 2 is 1.85 bits per heavy atom. The van der Waals surface area contributed by atoms with E-state index in [-0.39, 0.29) is 11.6 Å². The number of fused-ring (bicyclic) bond motifs is 1. The minimum atomic E-state index is -0.308. The van der Waals surface area contributed by atoms with Crippen LogP contribution in [0.15, 0.2) is 48.5 Å². The van der Waals surface area contributed by atoms with Crippen LogP contribution in [0, 0.1) is 0 Å². The zero-order valence-electron chi connectivity index (χ0n) is 15.7. The highest BCUT2D eigenvalue weighted by atomic mass is 35.5. The molecule has 0 aromatic heterocycles. The summed E-state index contributed by atoms with van der Waals surface area (Å²) >= 11 is 6.19. The number of anilines is 1. The molecule has 1 spiro atoms. The van der Waals surface area contributed by atoms with E-state index in [1.54, 1.807) is 6.07 Å². The van der Waals surface area contributed by atoms with Crippen LogP contribution in [0.5, 0.6) is 0 Å². The number of nitrogens with zero attached hydrogens (tertiary/aromatic N) is 2. The number of benzene rings is 2. The summed E-state index contributed by atoms with van der Waals surface area (Å²) in [7, 11) is 0. The topological polar surface area (TPSA) is 35.6 Å². The van der Waals surface area contributed by atoms with Gasteiger partial charge in [-0.05, 0) is 30.2 Å². The molecule has 2 aliphatic rings. The van der Waals surface area contributed by atoms with Gasteiger partial charge >= 0.3 is 0 Å². The molecule has 1 saturated heterocycles. The predicted octanol–water partition coefficient (Wildman–Crippen LogP) is 4.61. The zero-order chi connectivity index (χ0) is 18.9. The van der Waals surface area contributed by atoms with E-state index >= 15 is 0 Å². The van der Waals surface area contributed by atoms with Crippen molar-refractivity contribution in [2.45, 2.75) is 38.4 Å². The predicted molar refractivity (Wildman–Crippen MR) is 110 cm³/mol. The Labute approximate surface area is 166 Å². The third-order valence-corrected chi connectivity index (χ3v) is 5.96. The standard InChI is InChI=1S/C22H26ClN3O/c1-2-12-26-21(27)19-9-8-18(23)15-20(19)24-22(26)10-13-25(14-11-22)16-17-6-4-3-5-7-17/h3-9,15,24H,2,10-14,16H2,1H3. The number of hydrogen-bond acceptors (Lipinski definition) is 3.